The number of carbonyl (C=O) groups excluding carboxylic acids is 3. The molecule has 73 heavy (non-hydrogen) atoms. The van der Waals surface area contributed by atoms with E-state index in [1.807, 2.05) is 0 Å². The molecule has 0 saturated heterocycles. The second-order valence-electron chi connectivity index (χ2n) is 20.2. The molecule has 1 unspecified atom stereocenters. The Bertz CT molecular complexity index is 1440. The van der Waals surface area contributed by atoms with Crippen LogP contribution >= 0.6 is 0 Å². The highest BCUT2D eigenvalue weighted by Gasteiger charge is 2.19. The first-order valence-corrected chi connectivity index (χ1v) is 30.7. The SMILES string of the molecule is CC/C=C\C/C=C\C/C=C\C/C=C\CCCCCCCCCCCCC(=O)OCC(COC(=O)CCCCCCC/C=C\C/C=C\CCCCCC)OC(=O)CCCCCCC/C=C\C/C=C\CCCCCC. The minimum atomic E-state index is -0.794. The van der Waals surface area contributed by atoms with E-state index in [-0.39, 0.29) is 31.1 Å². The number of hydrogen-bond acceptors (Lipinski definition) is 6. The number of rotatable bonds is 55. The van der Waals surface area contributed by atoms with Gasteiger partial charge in [-0.05, 0) is 122 Å². The van der Waals surface area contributed by atoms with Crippen LogP contribution in [0.25, 0.3) is 0 Å². The lowest BCUT2D eigenvalue weighted by atomic mass is 10.1. The molecule has 0 aliphatic heterocycles. The predicted octanol–water partition coefficient (Wildman–Crippen LogP) is 20.9. The summed E-state index contributed by atoms with van der Waals surface area (Å²) in [5.74, 6) is -0.915. The molecule has 0 aromatic carbocycles. The van der Waals surface area contributed by atoms with E-state index in [1.54, 1.807) is 0 Å². The molecule has 1 atom stereocenters. The zero-order valence-corrected chi connectivity index (χ0v) is 47.9. The Morgan fingerprint density at radius 2 is 0.534 bits per heavy atom. The van der Waals surface area contributed by atoms with Crippen LogP contribution in [0, 0.1) is 0 Å². The van der Waals surface area contributed by atoms with E-state index in [0.29, 0.717) is 19.3 Å². The van der Waals surface area contributed by atoms with Gasteiger partial charge in [0.05, 0.1) is 0 Å². The second kappa shape index (κ2) is 60.9. The average Bonchev–Trinajstić information content (AvgIpc) is 3.39. The van der Waals surface area contributed by atoms with Crippen LogP contribution in [0.15, 0.2) is 97.2 Å². The second-order valence-corrected chi connectivity index (χ2v) is 20.2. The quantitative estimate of drug-likeness (QED) is 0.0261. The number of carbonyl (C=O) groups is 3. The van der Waals surface area contributed by atoms with Gasteiger partial charge in [0.1, 0.15) is 13.2 Å². The number of unbranched alkanes of at least 4 members (excludes halogenated alkanes) is 28. The molecule has 0 aromatic rings. The van der Waals surface area contributed by atoms with E-state index in [9.17, 15) is 14.4 Å². The number of esters is 3. The van der Waals surface area contributed by atoms with E-state index in [1.165, 1.54) is 116 Å². The summed E-state index contributed by atoms with van der Waals surface area (Å²) in [5, 5.41) is 0. The van der Waals surface area contributed by atoms with Gasteiger partial charge in [-0.1, -0.05) is 246 Å². The number of allylic oxidation sites excluding steroid dienone is 16. The Balaban J connectivity index is 4.40. The fraction of sp³-hybridized carbons (Fsp3) is 0.716. The average molecular weight is 1020 g/mol. The Morgan fingerprint density at radius 3 is 0.836 bits per heavy atom. The fourth-order valence-electron chi connectivity index (χ4n) is 8.44. The predicted molar refractivity (Wildman–Crippen MR) is 316 cm³/mol. The van der Waals surface area contributed by atoms with E-state index >= 15 is 0 Å². The van der Waals surface area contributed by atoms with Crippen molar-refractivity contribution in [1.29, 1.82) is 0 Å². The van der Waals surface area contributed by atoms with Crippen molar-refractivity contribution in [3.05, 3.63) is 97.2 Å². The molecule has 0 heterocycles. The fourth-order valence-corrected chi connectivity index (χ4v) is 8.44. The Morgan fingerprint density at radius 1 is 0.288 bits per heavy atom. The van der Waals surface area contributed by atoms with Crippen LogP contribution in [0.4, 0.5) is 0 Å². The highest BCUT2D eigenvalue weighted by atomic mass is 16.6. The van der Waals surface area contributed by atoms with Gasteiger partial charge in [-0.15, -0.1) is 0 Å². The third kappa shape index (κ3) is 59.1. The molecule has 0 aliphatic rings. The number of ether oxygens (including phenoxy) is 3. The molecule has 0 aliphatic carbocycles. The zero-order valence-electron chi connectivity index (χ0n) is 47.9. The topological polar surface area (TPSA) is 78.9 Å². The maximum absolute atomic E-state index is 12.9. The van der Waals surface area contributed by atoms with Gasteiger partial charge in [-0.3, -0.25) is 14.4 Å². The third-order valence-electron chi connectivity index (χ3n) is 13.0. The van der Waals surface area contributed by atoms with E-state index in [4.69, 9.17) is 14.2 Å². The largest absolute Gasteiger partial charge is 0.462 e. The first-order chi connectivity index (χ1) is 36.0. The minimum absolute atomic E-state index is 0.0899. The van der Waals surface area contributed by atoms with Crippen LogP contribution in [-0.2, 0) is 28.6 Å². The summed E-state index contributed by atoms with van der Waals surface area (Å²) >= 11 is 0. The van der Waals surface area contributed by atoms with Gasteiger partial charge in [0.2, 0.25) is 0 Å². The summed E-state index contributed by atoms with van der Waals surface area (Å²) in [6.07, 6.45) is 81.1. The van der Waals surface area contributed by atoms with Crippen molar-refractivity contribution in [1.82, 2.24) is 0 Å². The molecule has 0 spiro atoms. The summed E-state index contributed by atoms with van der Waals surface area (Å²) in [7, 11) is 0. The van der Waals surface area contributed by atoms with Crippen molar-refractivity contribution < 1.29 is 28.6 Å². The molecule has 0 amide bonds. The van der Waals surface area contributed by atoms with Crippen molar-refractivity contribution >= 4 is 17.9 Å². The van der Waals surface area contributed by atoms with E-state index < -0.39 is 6.10 Å². The molecule has 0 aromatic heterocycles. The van der Waals surface area contributed by atoms with Gasteiger partial charge in [-0.2, -0.15) is 0 Å². The molecule has 0 rings (SSSR count). The van der Waals surface area contributed by atoms with Crippen LogP contribution < -0.4 is 0 Å². The third-order valence-corrected chi connectivity index (χ3v) is 13.0. The highest BCUT2D eigenvalue weighted by molar-refractivity contribution is 5.71. The summed E-state index contributed by atoms with van der Waals surface area (Å²) in [6, 6.07) is 0. The van der Waals surface area contributed by atoms with Crippen LogP contribution in [-0.4, -0.2) is 37.2 Å². The Labute approximate surface area is 451 Å². The molecular formula is C67H114O6. The van der Waals surface area contributed by atoms with Crippen molar-refractivity contribution in [2.24, 2.45) is 0 Å². The van der Waals surface area contributed by atoms with Crippen LogP contribution in [0.3, 0.4) is 0 Å². The highest BCUT2D eigenvalue weighted by Crippen LogP contribution is 2.15. The first-order valence-electron chi connectivity index (χ1n) is 30.7. The summed E-state index contributed by atoms with van der Waals surface area (Å²) in [5.41, 5.74) is 0. The Kier molecular flexibility index (Phi) is 57.8. The molecule has 0 saturated carbocycles. The number of hydrogen-bond donors (Lipinski definition) is 0. The molecule has 0 bridgehead atoms. The summed E-state index contributed by atoms with van der Waals surface area (Å²) in [6.45, 7) is 6.48. The van der Waals surface area contributed by atoms with Gasteiger partial charge in [0.25, 0.3) is 0 Å². The maximum atomic E-state index is 12.9. The van der Waals surface area contributed by atoms with Crippen LogP contribution in [0.5, 0.6) is 0 Å². The molecule has 6 nitrogen and oxygen atoms in total. The van der Waals surface area contributed by atoms with Crippen molar-refractivity contribution in [3.63, 3.8) is 0 Å². The van der Waals surface area contributed by atoms with Crippen molar-refractivity contribution in [2.75, 3.05) is 13.2 Å². The van der Waals surface area contributed by atoms with Gasteiger partial charge in [0, 0.05) is 19.3 Å². The molecule has 6 heteroatoms. The first kappa shape index (κ1) is 69.3. The van der Waals surface area contributed by atoms with Crippen LogP contribution in [0.1, 0.15) is 290 Å². The summed E-state index contributed by atoms with van der Waals surface area (Å²) in [4.78, 5) is 38.3. The van der Waals surface area contributed by atoms with Gasteiger partial charge in [-0.25, -0.2) is 0 Å². The normalized spacial score (nSPS) is 12.8. The lowest BCUT2D eigenvalue weighted by Crippen LogP contribution is -2.30. The van der Waals surface area contributed by atoms with Crippen LogP contribution in [0.2, 0.25) is 0 Å². The van der Waals surface area contributed by atoms with Gasteiger partial charge >= 0.3 is 17.9 Å². The van der Waals surface area contributed by atoms with Crippen molar-refractivity contribution in [3.8, 4) is 0 Å². The molecule has 0 N–H and O–H groups in total. The lowest BCUT2D eigenvalue weighted by molar-refractivity contribution is -0.167. The Hall–Kier alpha value is -3.67. The standard InChI is InChI=1S/C67H114O6/c1-4-7-10-13-16-19-22-25-28-31-32-33-34-35-36-37-40-42-45-48-51-54-57-60-66(69)72-63-64(73-67(70)61-58-55-52-49-46-43-39-30-27-24-21-18-15-12-9-6-3)62-71-65(68)59-56-53-50-47-44-41-38-29-26-23-20-17-14-11-8-5-2/h7,10,16,19-21,23-25,28-30,32-33,38-39,64H,4-6,8-9,11-15,17-18,22,26-27,31,34-37,40-63H2,1-3H3/b10-7-,19-16-,23-20-,24-21-,28-25-,33-32-,38-29-,39-30-. The van der Waals surface area contributed by atoms with Crippen molar-refractivity contribution in [2.45, 2.75) is 297 Å². The lowest BCUT2D eigenvalue weighted by Gasteiger charge is -2.18. The molecular weight excluding hydrogens is 901 g/mol. The maximum Gasteiger partial charge on any atom is 0.306 e. The zero-order chi connectivity index (χ0) is 52.9. The minimum Gasteiger partial charge on any atom is -0.462 e. The molecule has 0 fully saturated rings. The smallest absolute Gasteiger partial charge is 0.306 e. The van der Waals surface area contributed by atoms with Gasteiger partial charge in [0.15, 0.2) is 6.10 Å². The van der Waals surface area contributed by atoms with E-state index in [0.717, 1.165) is 135 Å². The van der Waals surface area contributed by atoms with E-state index in [2.05, 4.69) is 118 Å². The monoisotopic (exact) mass is 1010 g/mol. The molecule has 418 valence electrons. The molecule has 0 radical (unpaired) electrons. The summed E-state index contributed by atoms with van der Waals surface area (Å²) < 4.78 is 16.9. The van der Waals surface area contributed by atoms with Gasteiger partial charge < -0.3 is 14.2 Å².